The van der Waals surface area contributed by atoms with Crippen molar-refractivity contribution in [3.05, 3.63) is 0 Å². The van der Waals surface area contributed by atoms with Gasteiger partial charge in [-0.25, -0.2) is 0 Å². The van der Waals surface area contributed by atoms with E-state index in [-0.39, 0.29) is 18.8 Å². The van der Waals surface area contributed by atoms with E-state index in [2.05, 4.69) is 0 Å². The molecule has 2 atom stereocenters. The number of rotatable bonds is 2. The molecule has 0 saturated carbocycles. The van der Waals surface area contributed by atoms with Gasteiger partial charge in [0.1, 0.15) is 0 Å². The summed E-state index contributed by atoms with van der Waals surface area (Å²) in [6.07, 6.45) is 3.05. The molecule has 0 radical (unpaired) electrons. The van der Waals surface area contributed by atoms with E-state index in [0.29, 0.717) is 6.61 Å². The number of aliphatic hydroxyl groups is 1. The second kappa shape index (κ2) is 3.91. The summed E-state index contributed by atoms with van der Waals surface area (Å²) in [5.41, 5.74) is 5.61. The second-order valence-electron chi connectivity index (χ2n) is 2.81. The van der Waals surface area contributed by atoms with Crippen molar-refractivity contribution in [3.8, 4) is 0 Å². The van der Waals surface area contributed by atoms with Gasteiger partial charge in [-0.1, -0.05) is 0 Å². The van der Waals surface area contributed by atoms with Crippen molar-refractivity contribution in [2.24, 2.45) is 5.73 Å². The normalized spacial score (nSPS) is 34.2. The molecule has 0 aromatic rings. The number of hydrogen-bond acceptors (Lipinski definition) is 3. The zero-order chi connectivity index (χ0) is 7.40. The molecule has 0 aliphatic carbocycles. The zero-order valence-corrected chi connectivity index (χ0v) is 6.12. The van der Waals surface area contributed by atoms with Crippen molar-refractivity contribution in [2.75, 3.05) is 13.2 Å². The Morgan fingerprint density at radius 1 is 1.50 bits per heavy atom. The molecule has 60 valence electrons. The van der Waals surface area contributed by atoms with Gasteiger partial charge in [0, 0.05) is 12.6 Å². The van der Waals surface area contributed by atoms with E-state index < -0.39 is 0 Å². The molecule has 10 heavy (non-hydrogen) atoms. The van der Waals surface area contributed by atoms with Crippen molar-refractivity contribution in [1.82, 2.24) is 0 Å². The first-order valence-electron chi connectivity index (χ1n) is 3.81. The van der Waals surface area contributed by atoms with E-state index in [1.54, 1.807) is 0 Å². The van der Waals surface area contributed by atoms with Crippen LogP contribution in [0.4, 0.5) is 0 Å². The third kappa shape index (κ3) is 2.25. The van der Waals surface area contributed by atoms with E-state index in [9.17, 15) is 0 Å². The lowest BCUT2D eigenvalue weighted by Crippen LogP contribution is -2.35. The van der Waals surface area contributed by atoms with Gasteiger partial charge in [0.2, 0.25) is 0 Å². The van der Waals surface area contributed by atoms with E-state index in [1.807, 2.05) is 0 Å². The van der Waals surface area contributed by atoms with Gasteiger partial charge in [-0.15, -0.1) is 0 Å². The van der Waals surface area contributed by atoms with Crippen molar-refractivity contribution in [3.63, 3.8) is 0 Å². The van der Waals surface area contributed by atoms with Gasteiger partial charge < -0.3 is 15.6 Å². The molecule has 1 aliphatic rings. The predicted molar refractivity (Wildman–Crippen MR) is 38.7 cm³/mol. The van der Waals surface area contributed by atoms with Crippen LogP contribution >= 0.6 is 0 Å². The van der Waals surface area contributed by atoms with Crippen molar-refractivity contribution in [1.29, 1.82) is 0 Å². The Kier molecular flexibility index (Phi) is 3.12. The first-order chi connectivity index (χ1) is 4.83. The van der Waals surface area contributed by atoms with E-state index >= 15 is 0 Å². The lowest BCUT2D eigenvalue weighted by molar-refractivity contribution is -0.00737. The highest BCUT2D eigenvalue weighted by Crippen LogP contribution is 2.14. The molecule has 3 heteroatoms. The zero-order valence-electron chi connectivity index (χ0n) is 6.12. The van der Waals surface area contributed by atoms with E-state index in [0.717, 1.165) is 19.3 Å². The lowest BCUT2D eigenvalue weighted by atomic mass is 10.0. The van der Waals surface area contributed by atoms with Gasteiger partial charge in [-0.05, 0) is 19.3 Å². The largest absolute Gasteiger partial charge is 0.396 e. The highest BCUT2D eigenvalue weighted by atomic mass is 16.5. The van der Waals surface area contributed by atoms with Crippen LogP contribution in [-0.2, 0) is 4.74 Å². The number of hydrogen-bond donors (Lipinski definition) is 2. The summed E-state index contributed by atoms with van der Waals surface area (Å²) >= 11 is 0. The molecule has 3 N–H and O–H groups in total. The highest BCUT2D eigenvalue weighted by molar-refractivity contribution is 4.71. The molecule has 1 saturated heterocycles. The fourth-order valence-corrected chi connectivity index (χ4v) is 1.20. The Morgan fingerprint density at radius 2 is 2.30 bits per heavy atom. The number of aliphatic hydroxyl groups excluding tert-OH is 1. The second-order valence-corrected chi connectivity index (χ2v) is 2.81. The summed E-state index contributed by atoms with van der Waals surface area (Å²) < 4.78 is 5.35. The fourth-order valence-electron chi connectivity index (χ4n) is 1.20. The summed E-state index contributed by atoms with van der Waals surface area (Å²) in [5.74, 6) is 0. The number of nitrogens with two attached hydrogens (primary N) is 1. The standard InChI is InChI=1S/C7H15NO2/c8-6-1-2-7(3-4-9)10-5-6/h6-7,9H,1-5,8H2. The van der Waals surface area contributed by atoms with Gasteiger partial charge in [0.05, 0.1) is 12.7 Å². The monoisotopic (exact) mass is 145 g/mol. The predicted octanol–water partition coefficient (Wildman–Crippen LogP) is -0.125. The highest BCUT2D eigenvalue weighted by Gasteiger charge is 2.17. The fraction of sp³-hybridized carbons (Fsp3) is 1.00. The maximum absolute atomic E-state index is 8.57. The number of ether oxygens (including phenoxy) is 1. The smallest absolute Gasteiger partial charge is 0.0621 e. The minimum Gasteiger partial charge on any atom is -0.396 e. The summed E-state index contributed by atoms with van der Waals surface area (Å²) in [7, 11) is 0. The van der Waals surface area contributed by atoms with E-state index in [1.165, 1.54) is 0 Å². The molecule has 0 spiro atoms. The van der Waals surface area contributed by atoms with Crippen LogP contribution in [0.3, 0.4) is 0 Å². The van der Waals surface area contributed by atoms with Gasteiger partial charge >= 0.3 is 0 Å². The summed E-state index contributed by atoms with van der Waals surface area (Å²) in [6, 6.07) is 0.218. The van der Waals surface area contributed by atoms with Crippen LogP contribution in [0.15, 0.2) is 0 Å². The Bertz CT molecular complexity index is 89.6. The minimum absolute atomic E-state index is 0.218. The average Bonchev–Trinajstić information content (AvgIpc) is 1.95. The Labute approximate surface area is 61.2 Å². The first-order valence-corrected chi connectivity index (χ1v) is 3.81. The summed E-state index contributed by atoms with van der Waals surface area (Å²) in [4.78, 5) is 0. The molecular formula is C7H15NO2. The molecule has 1 heterocycles. The molecule has 0 amide bonds. The molecular weight excluding hydrogens is 130 g/mol. The molecule has 1 rings (SSSR count). The van der Waals surface area contributed by atoms with Crippen LogP contribution in [0.5, 0.6) is 0 Å². The third-order valence-corrected chi connectivity index (χ3v) is 1.86. The van der Waals surface area contributed by atoms with Crippen LogP contribution in [-0.4, -0.2) is 30.5 Å². The Morgan fingerprint density at radius 3 is 2.80 bits per heavy atom. The van der Waals surface area contributed by atoms with Gasteiger partial charge in [0.25, 0.3) is 0 Å². The van der Waals surface area contributed by atoms with Crippen molar-refractivity contribution in [2.45, 2.75) is 31.4 Å². The van der Waals surface area contributed by atoms with Gasteiger partial charge in [-0.2, -0.15) is 0 Å². The molecule has 0 aromatic carbocycles. The lowest BCUT2D eigenvalue weighted by Gasteiger charge is -2.26. The minimum atomic E-state index is 0.218. The molecule has 2 unspecified atom stereocenters. The van der Waals surface area contributed by atoms with Crippen molar-refractivity contribution >= 4 is 0 Å². The molecule has 0 bridgehead atoms. The van der Waals surface area contributed by atoms with Gasteiger partial charge in [-0.3, -0.25) is 0 Å². The SMILES string of the molecule is NC1CCC(CCO)OC1. The van der Waals surface area contributed by atoms with Crippen LogP contribution in [0, 0.1) is 0 Å². The van der Waals surface area contributed by atoms with Gasteiger partial charge in [0.15, 0.2) is 0 Å². The molecule has 1 aliphatic heterocycles. The van der Waals surface area contributed by atoms with Crippen LogP contribution in [0.25, 0.3) is 0 Å². The van der Waals surface area contributed by atoms with Crippen molar-refractivity contribution < 1.29 is 9.84 Å². The molecule has 0 aromatic heterocycles. The Hall–Kier alpha value is -0.120. The molecule has 3 nitrogen and oxygen atoms in total. The third-order valence-electron chi connectivity index (χ3n) is 1.86. The Balaban J connectivity index is 2.13. The van der Waals surface area contributed by atoms with Crippen LogP contribution in [0.1, 0.15) is 19.3 Å². The summed E-state index contributed by atoms with van der Waals surface area (Å²) in [5, 5.41) is 8.57. The topological polar surface area (TPSA) is 55.5 Å². The van der Waals surface area contributed by atoms with E-state index in [4.69, 9.17) is 15.6 Å². The maximum atomic E-state index is 8.57. The van der Waals surface area contributed by atoms with Crippen LogP contribution < -0.4 is 5.73 Å². The van der Waals surface area contributed by atoms with Crippen LogP contribution in [0.2, 0.25) is 0 Å². The summed E-state index contributed by atoms with van der Waals surface area (Å²) in [6.45, 7) is 0.880. The maximum Gasteiger partial charge on any atom is 0.0621 e. The first kappa shape index (κ1) is 7.98. The average molecular weight is 145 g/mol. The molecule has 1 fully saturated rings. The quantitative estimate of drug-likeness (QED) is 0.569.